The molecule has 0 N–H and O–H groups in total. The van der Waals surface area contributed by atoms with Crippen molar-refractivity contribution in [2.75, 3.05) is 19.6 Å². The first kappa shape index (κ1) is 20.9. The summed E-state index contributed by atoms with van der Waals surface area (Å²) in [5, 5.41) is 0. The third kappa shape index (κ3) is 4.44. The van der Waals surface area contributed by atoms with Crippen LogP contribution in [0.15, 0.2) is 53.6 Å². The number of hydrogen-bond acceptors (Lipinski definition) is 2. The Morgan fingerprint density at radius 2 is 1.96 bits per heavy atom. The Bertz CT molecular complexity index is 768. The highest BCUT2D eigenvalue weighted by Crippen LogP contribution is 2.43. The Labute approximate surface area is 176 Å². The molecule has 2 amide bonds. The van der Waals surface area contributed by atoms with E-state index < -0.39 is 0 Å². The molecule has 2 atom stereocenters. The summed E-state index contributed by atoms with van der Waals surface area (Å²) in [6, 6.07) is 9.89. The molecule has 6 heteroatoms. The molecule has 3 rings (SSSR count). The Hall–Kier alpha value is -1.78. The van der Waals surface area contributed by atoms with Crippen molar-refractivity contribution in [3.8, 4) is 0 Å². The predicted octanol–water partition coefficient (Wildman–Crippen LogP) is 4.50. The second-order valence-electron chi connectivity index (χ2n) is 7.93. The minimum absolute atomic E-state index is 0.00864. The SMILES string of the molecule is C=CC(=O)N1CC2(CCN(C(=O)[C@@H](CC=C(Cl)Cl)c3ccccc3)[C@H](C)C2)C1. The number of hydrogen-bond donors (Lipinski definition) is 0. The number of likely N-dealkylation sites (tertiary alicyclic amines) is 2. The summed E-state index contributed by atoms with van der Waals surface area (Å²) in [6.45, 7) is 7.89. The van der Waals surface area contributed by atoms with E-state index in [9.17, 15) is 9.59 Å². The van der Waals surface area contributed by atoms with Gasteiger partial charge in [-0.3, -0.25) is 9.59 Å². The standard InChI is InChI=1S/C22H26Cl2N2O2/c1-3-20(27)25-14-22(15-25)11-12-26(16(2)13-22)21(28)18(9-10-19(23)24)17-7-5-4-6-8-17/h3-8,10,16,18H,1,9,11-15H2,2H3/t16-,18+/m1/s1. The normalized spacial score (nSPS) is 21.6. The van der Waals surface area contributed by atoms with Crippen LogP contribution in [0.5, 0.6) is 0 Å². The fourth-order valence-corrected chi connectivity index (χ4v) is 4.73. The van der Waals surface area contributed by atoms with Crippen LogP contribution in [0.3, 0.4) is 0 Å². The molecule has 0 radical (unpaired) electrons. The number of piperidine rings is 1. The second kappa shape index (κ2) is 8.71. The maximum atomic E-state index is 13.4. The molecule has 150 valence electrons. The summed E-state index contributed by atoms with van der Waals surface area (Å²) >= 11 is 11.6. The van der Waals surface area contributed by atoms with E-state index in [-0.39, 0.29) is 33.7 Å². The van der Waals surface area contributed by atoms with Gasteiger partial charge in [-0.05, 0) is 37.8 Å². The highest BCUT2D eigenvalue weighted by molar-refractivity contribution is 6.55. The van der Waals surface area contributed by atoms with E-state index >= 15 is 0 Å². The van der Waals surface area contributed by atoms with Crippen molar-refractivity contribution in [3.63, 3.8) is 0 Å². The number of benzene rings is 1. The van der Waals surface area contributed by atoms with Crippen molar-refractivity contribution in [3.05, 3.63) is 59.1 Å². The lowest BCUT2D eigenvalue weighted by atomic mass is 9.69. The lowest BCUT2D eigenvalue weighted by Gasteiger charge is -2.56. The molecule has 28 heavy (non-hydrogen) atoms. The molecule has 2 saturated heterocycles. The van der Waals surface area contributed by atoms with E-state index in [0.29, 0.717) is 13.0 Å². The highest BCUT2D eigenvalue weighted by Gasteiger charge is 2.49. The van der Waals surface area contributed by atoms with Gasteiger partial charge in [0.1, 0.15) is 4.49 Å². The second-order valence-corrected chi connectivity index (χ2v) is 8.93. The van der Waals surface area contributed by atoms with E-state index in [1.54, 1.807) is 6.08 Å². The van der Waals surface area contributed by atoms with Crippen molar-refractivity contribution in [2.45, 2.75) is 38.1 Å². The predicted molar refractivity (Wildman–Crippen MR) is 113 cm³/mol. The molecule has 2 aliphatic rings. The van der Waals surface area contributed by atoms with Gasteiger partial charge in [0.25, 0.3) is 0 Å². The zero-order valence-corrected chi connectivity index (χ0v) is 17.6. The molecule has 1 aromatic rings. The van der Waals surface area contributed by atoms with Crippen molar-refractivity contribution in [1.82, 2.24) is 9.80 Å². The monoisotopic (exact) mass is 420 g/mol. The Morgan fingerprint density at radius 1 is 1.29 bits per heavy atom. The molecule has 0 aliphatic carbocycles. The summed E-state index contributed by atoms with van der Waals surface area (Å²) in [7, 11) is 0. The minimum Gasteiger partial charge on any atom is -0.339 e. The number of rotatable bonds is 5. The van der Waals surface area contributed by atoms with Gasteiger partial charge in [-0.1, -0.05) is 66.2 Å². The van der Waals surface area contributed by atoms with Crippen LogP contribution in [-0.2, 0) is 9.59 Å². The average Bonchev–Trinajstić information content (AvgIpc) is 2.66. The number of carbonyl (C=O) groups excluding carboxylic acids is 2. The fraction of sp³-hybridized carbons (Fsp3) is 0.455. The quantitative estimate of drug-likeness (QED) is 0.657. The van der Waals surface area contributed by atoms with E-state index in [1.807, 2.05) is 40.1 Å². The summed E-state index contributed by atoms with van der Waals surface area (Å²) in [5.41, 5.74) is 1.11. The maximum absolute atomic E-state index is 13.4. The molecule has 2 heterocycles. The Morgan fingerprint density at radius 3 is 2.54 bits per heavy atom. The Kier molecular flexibility index (Phi) is 6.51. The summed E-state index contributed by atoms with van der Waals surface area (Å²) in [5.74, 6) is -0.200. The first-order valence-corrected chi connectivity index (χ1v) is 10.4. The average molecular weight is 421 g/mol. The molecular formula is C22H26Cl2N2O2. The van der Waals surface area contributed by atoms with Gasteiger partial charge >= 0.3 is 0 Å². The van der Waals surface area contributed by atoms with Crippen LogP contribution in [0.1, 0.15) is 37.7 Å². The lowest BCUT2D eigenvalue weighted by molar-refractivity contribution is -0.150. The zero-order chi connectivity index (χ0) is 20.3. The topological polar surface area (TPSA) is 40.6 Å². The van der Waals surface area contributed by atoms with Gasteiger partial charge < -0.3 is 9.80 Å². The highest BCUT2D eigenvalue weighted by atomic mass is 35.5. The summed E-state index contributed by atoms with van der Waals surface area (Å²) < 4.78 is 0.181. The molecule has 0 saturated carbocycles. The smallest absolute Gasteiger partial charge is 0.245 e. The number of allylic oxidation sites excluding steroid dienone is 1. The molecule has 2 fully saturated rings. The first-order chi connectivity index (χ1) is 13.3. The largest absolute Gasteiger partial charge is 0.339 e. The third-order valence-electron chi connectivity index (χ3n) is 5.97. The number of halogens is 2. The fourth-order valence-electron chi connectivity index (χ4n) is 4.55. The van der Waals surface area contributed by atoms with Gasteiger partial charge in [0.2, 0.25) is 11.8 Å². The first-order valence-electron chi connectivity index (χ1n) is 9.63. The minimum atomic E-state index is -0.301. The van der Waals surface area contributed by atoms with Gasteiger partial charge in [0.15, 0.2) is 0 Å². The van der Waals surface area contributed by atoms with E-state index in [1.165, 1.54) is 6.08 Å². The molecule has 0 aromatic heterocycles. The maximum Gasteiger partial charge on any atom is 0.245 e. The zero-order valence-electron chi connectivity index (χ0n) is 16.1. The van der Waals surface area contributed by atoms with Crippen LogP contribution < -0.4 is 0 Å². The number of amides is 2. The van der Waals surface area contributed by atoms with Crippen molar-refractivity contribution >= 4 is 35.0 Å². The van der Waals surface area contributed by atoms with Crippen LogP contribution in [0.25, 0.3) is 0 Å². The van der Waals surface area contributed by atoms with Crippen LogP contribution in [-0.4, -0.2) is 47.3 Å². The van der Waals surface area contributed by atoms with Crippen LogP contribution in [0.4, 0.5) is 0 Å². The van der Waals surface area contributed by atoms with Gasteiger partial charge in [-0.15, -0.1) is 0 Å². The van der Waals surface area contributed by atoms with Gasteiger partial charge in [0, 0.05) is 31.1 Å². The van der Waals surface area contributed by atoms with E-state index in [4.69, 9.17) is 23.2 Å². The van der Waals surface area contributed by atoms with Gasteiger partial charge in [0.05, 0.1) is 5.92 Å². The van der Waals surface area contributed by atoms with Crippen molar-refractivity contribution in [1.29, 1.82) is 0 Å². The van der Waals surface area contributed by atoms with Gasteiger partial charge in [-0.25, -0.2) is 0 Å². The third-order valence-corrected chi connectivity index (χ3v) is 6.28. The van der Waals surface area contributed by atoms with Crippen molar-refractivity contribution < 1.29 is 9.59 Å². The van der Waals surface area contributed by atoms with Crippen LogP contribution in [0.2, 0.25) is 0 Å². The molecule has 2 aliphatic heterocycles. The summed E-state index contributed by atoms with van der Waals surface area (Å²) in [6.07, 6.45) is 5.36. The number of nitrogens with zero attached hydrogens (tertiary/aromatic N) is 2. The van der Waals surface area contributed by atoms with E-state index in [0.717, 1.165) is 31.5 Å². The number of carbonyl (C=O) groups is 2. The summed E-state index contributed by atoms with van der Waals surface area (Å²) in [4.78, 5) is 29.0. The van der Waals surface area contributed by atoms with Gasteiger partial charge in [-0.2, -0.15) is 0 Å². The molecule has 1 spiro atoms. The van der Waals surface area contributed by atoms with Crippen LogP contribution in [0, 0.1) is 5.41 Å². The Balaban J connectivity index is 1.70. The molecule has 1 aromatic carbocycles. The van der Waals surface area contributed by atoms with Crippen LogP contribution >= 0.6 is 23.2 Å². The molecule has 0 unspecified atom stereocenters. The molecule has 0 bridgehead atoms. The van der Waals surface area contributed by atoms with Crippen molar-refractivity contribution in [2.24, 2.45) is 5.41 Å². The lowest BCUT2D eigenvalue weighted by Crippen LogP contribution is -2.63. The molecule has 4 nitrogen and oxygen atoms in total. The molecular weight excluding hydrogens is 395 g/mol. The van der Waals surface area contributed by atoms with E-state index in [2.05, 4.69) is 13.5 Å².